The van der Waals surface area contributed by atoms with Crippen LogP contribution in [0.15, 0.2) is 109 Å². The number of esters is 3. The fraction of sp³-hybridized carbons (Fsp3) is 0.716. The Morgan fingerprint density at radius 1 is 0.263 bits per heavy atom. The largest absolute Gasteiger partial charge is 0.462 e. The number of hydrogen-bond acceptors (Lipinski definition) is 6. The molecule has 0 spiro atoms. The van der Waals surface area contributed by atoms with E-state index in [9.17, 15) is 14.4 Å². The van der Waals surface area contributed by atoms with Crippen molar-refractivity contribution >= 4 is 17.9 Å². The summed E-state index contributed by atoms with van der Waals surface area (Å²) in [5.41, 5.74) is 0. The minimum absolute atomic E-state index is 0.0841. The molecule has 0 aromatic heterocycles. The highest BCUT2D eigenvalue weighted by atomic mass is 16.6. The fourth-order valence-corrected chi connectivity index (χ4v) is 9.48. The Balaban J connectivity index is 4.38. The SMILES string of the molecule is CC/C=C\C/C=C\C/C=C\C/C=C\CCCCCCCCCCCCC(=O)OCC(COC(=O)CCCCCCC/C=C\CCCCCCCCC)OC(=O)CCCCCCCCCCCC/C=C\C/C=C\C/C=C\C/C=C\CC. The van der Waals surface area contributed by atoms with Crippen LogP contribution in [0.3, 0.4) is 0 Å². The Hall–Kier alpha value is -3.93. The van der Waals surface area contributed by atoms with E-state index in [1.165, 1.54) is 167 Å². The van der Waals surface area contributed by atoms with E-state index in [2.05, 4.69) is 130 Å². The lowest BCUT2D eigenvalue weighted by atomic mass is 10.0. The van der Waals surface area contributed by atoms with Crippen LogP contribution in [0.5, 0.6) is 0 Å². The van der Waals surface area contributed by atoms with E-state index in [4.69, 9.17) is 14.2 Å². The molecule has 0 amide bonds. The molecule has 0 aromatic carbocycles. The second-order valence-corrected chi connectivity index (χ2v) is 22.3. The molecule has 80 heavy (non-hydrogen) atoms. The first-order chi connectivity index (χ1) is 39.5. The number of carbonyl (C=O) groups excluding carboxylic acids is 3. The summed E-state index contributed by atoms with van der Waals surface area (Å²) < 4.78 is 17.0. The van der Waals surface area contributed by atoms with Crippen LogP contribution in [0, 0.1) is 0 Å². The van der Waals surface area contributed by atoms with Crippen molar-refractivity contribution in [1.82, 2.24) is 0 Å². The first kappa shape index (κ1) is 76.1. The molecule has 0 radical (unpaired) electrons. The summed E-state index contributed by atoms with van der Waals surface area (Å²) in [5.74, 6) is -0.889. The van der Waals surface area contributed by atoms with E-state index < -0.39 is 6.10 Å². The molecule has 1 atom stereocenters. The molecule has 0 bridgehead atoms. The Kier molecular flexibility index (Phi) is 64.3. The molecular formula is C74H126O6. The predicted molar refractivity (Wildman–Crippen MR) is 348 cm³/mol. The average molecular weight is 1110 g/mol. The van der Waals surface area contributed by atoms with Crippen LogP contribution in [0.4, 0.5) is 0 Å². The summed E-state index contributed by atoms with van der Waals surface area (Å²) in [6.45, 7) is 6.43. The van der Waals surface area contributed by atoms with Gasteiger partial charge in [0.1, 0.15) is 13.2 Å². The lowest BCUT2D eigenvalue weighted by molar-refractivity contribution is -0.167. The van der Waals surface area contributed by atoms with Crippen LogP contribution in [-0.2, 0) is 28.6 Å². The number of allylic oxidation sites excluding steroid dienone is 18. The smallest absolute Gasteiger partial charge is 0.306 e. The van der Waals surface area contributed by atoms with Gasteiger partial charge in [-0.05, 0) is 122 Å². The summed E-state index contributed by atoms with van der Waals surface area (Å²) in [6, 6.07) is 0. The molecule has 0 heterocycles. The van der Waals surface area contributed by atoms with Crippen molar-refractivity contribution in [2.45, 2.75) is 329 Å². The van der Waals surface area contributed by atoms with Crippen LogP contribution in [0.25, 0.3) is 0 Å². The molecule has 0 aliphatic rings. The monoisotopic (exact) mass is 1110 g/mol. The Labute approximate surface area is 495 Å². The molecule has 0 rings (SSSR count). The molecule has 0 saturated carbocycles. The Bertz CT molecular complexity index is 1610. The maximum absolute atomic E-state index is 13.0. The summed E-state index contributed by atoms with van der Waals surface area (Å²) >= 11 is 0. The van der Waals surface area contributed by atoms with E-state index >= 15 is 0 Å². The summed E-state index contributed by atoms with van der Waals surface area (Å²) in [7, 11) is 0. The van der Waals surface area contributed by atoms with Gasteiger partial charge in [0.2, 0.25) is 0 Å². The third kappa shape index (κ3) is 64.9. The molecule has 6 nitrogen and oxygen atoms in total. The third-order valence-corrected chi connectivity index (χ3v) is 14.5. The zero-order chi connectivity index (χ0) is 57.8. The lowest BCUT2D eigenvalue weighted by Crippen LogP contribution is -2.30. The second kappa shape index (κ2) is 67.6. The van der Waals surface area contributed by atoms with E-state index in [-0.39, 0.29) is 31.1 Å². The number of carbonyl (C=O) groups is 3. The zero-order valence-electron chi connectivity index (χ0n) is 52.6. The molecule has 458 valence electrons. The molecule has 0 aromatic rings. The fourth-order valence-electron chi connectivity index (χ4n) is 9.48. The molecule has 0 aliphatic heterocycles. The third-order valence-electron chi connectivity index (χ3n) is 14.5. The quantitative estimate of drug-likeness (QED) is 0.0261. The molecular weight excluding hydrogens is 985 g/mol. The molecule has 0 saturated heterocycles. The Morgan fingerprint density at radius 3 is 0.775 bits per heavy atom. The number of rotatable bonds is 61. The van der Waals surface area contributed by atoms with Gasteiger partial charge >= 0.3 is 17.9 Å². The maximum Gasteiger partial charge on any atom is 0.306 e. The van der Waals surface area contributed by atoms with Crippen LogP contribution in [0.1, 0.15) is 323 Å². The second-order valence-electron chi connectivity index (χ2n) is 22.3. The van der Waals surface area contributed by atoms with Crippen molar-refractivity contribution in [3.8, 4) is 0 Å². The van der Waals surface area contributed by atoms with Gasteiger partial charge in [0.05, 0.1) is 0 Å². The van der Waals surface area contributed by atoms with Gasteiger partial charge in [-0.2, -0.15) is 0 Å². The topological polar surface area (TPSA) is 78.9 Å². The highest BCUT2D eigenvalue weighted by molar-refractivity contribution is 5.71. The lowest BCUT2D eigenvalue weighted by Gasteiger charge is -2.18. The predicted octanol–water partition coefficient (Wildman–Crippen LogP) is 23.4. The van der Waals surface area contributed by atoms with Gasteiger partial charge in [-0.3, -0.25) is 14.4 Å². The van der Waals surface area contributed by atoms with Crippen LogP contribution < -0.4 is 0 Å². The van der Waals surface area contributed by atoms with Crippen molar-refractivity contribution in [2.75, 3.05) is 13.2 Å². The number of hydrogen-bond donors (Lipinski definition) is 0. The van der Waals surface area contributed by atoms with E-state index in [0.29, 0.717) is 19.3 Å². The number of unbranched alkanes of at least 4 members (excludes halogenated alkanes) is 32. The van der Waals surface area contributed by atoms with E-state index in [0.717, 1.165) is 116 Å². The van der Waals surface area contributed by atoms with Gasteiger partial charge in [-0.25, -0.2) is 0 Å². The van der Waals surface area contributed by atoms with Crippen LogP contribution in [0.2, 0.25) is 0 Å². The summed E-state index contributed by atoms with van der Waals surface area (Å²) in [4.78, 5) is 38.4. The van der Waals surface area contributed by atoms with Crippen molar-refractivity contribution in [3.63, 3.8) is 0 Å². The molecule has 0 fully saturated rings. The van der Waals surface area contributed by atoms with Crippen LogP contribution >= 0.6 is 0 Å². The average Bonchev–Trinajstić information content (AvgIpc) is 3.46. The van der Waals surface area contributed by atoms with Gasteiger partial charge in [0.25, 0.3) is 0 Å². The van der Waals surface area contributed by atoms with Gasteiger partial charge in [0, 0.05) is 19.3 Å². The summed E-state index contributed by atoms with van der Waals surface area (Å²) in [6.07, 6.45) is 92.4. The van der Waals surface area contributed by atoms with Crippen molar-refractivity contribution in [3.05, 3.63) is 109 Å². The summed E-state index contributed by atoms with van der Waals surface area (Å²) in [5, 5.41) is 0. The van der Waals surface area contributed by atoms with Crippen molar-refractivity contribution in [2.24, 2.45) is 0 Å². The minimum Gasteiger partial charge on any atom is -0.462 e. The molecule has 6 heteroatoms. The van der Waals surface area contributed by atoms with Gasteiger partial charge in [-0.1, -0.05) is 291 Å². The number of ether oxygens (including phenoxy) is 3. The standard InChI is InChI=1S/C74H126O6/c1-4-7-10-13-16-19-22-25-28-31-33-35-37-39-41-43-46-49-52-55-58-61-64-67-73(76)79-70-71(69-78-72(75)66-63-60-57-54-51-48-45-30-27-24-21-18-15-12-9-6-3)80-74(77)68-65-62-59-56-53-50-47-44-42-40-38-36-34-32-29-26-23-20-17-14-11-8-5-2/h7-8,10-11,16-17,19-20,25-26,28-30,33-36,45,71H,4-6,9,12-15,18,21-24,27,31-32,37-44,46-70H2,1-3H3/b10-7-,11-8-,19-16-,20-17-,28-25-,29-26-,35-33-,36-34-,45-30-. The Morgan fingerprint density at radius 2 is 0.487 bits per heavy atom. The van der Waals surface area contributed by atoms with Gasteiger partial charge in [0.15, 0.2) is 6.10 Å². The molecule has 1 unspecified atom stereocenters. The molecule has 0 aliphatic carbocycles. The molecule has 0 N–H and O–H groups in total. The van der Waals surface area contributed by atoms with E-state index in [1.807, 2.05) is 0 Å². The van der Waals surface area contributed by atoms with Crippen LogP contribution in [-0.4, -0.2) is 37.2 Å². The van der Waals surface area contributed by atoms with Gasteiger partial charge < -0.3 is 14.2 Å². The maximum atomic E-state index is 13.0. The van der Waals surface area contributed by atoms with E-state index in [1.54, 1.807) is 0 Å². The minimum atomic E-state index is -0.789. The highest BCUT2D eigenvalue weighted by Crippen LogP contribution is 2.16. The highest BCUT2D eigenvalue weighted by Gasteiger charge is 2.19. The normalized spacial score (nSPS) is 12.8. The van der Waals surface area contributed by atoms with Crippen molar-refractivity contribution in [1.29, 1.82) is 0 Å². The first-order valence-corrected chi connectivity index (χ1v) is 33.9. The van der Waals surface area contributed by atoms with Gasteiger partial charge in [-0.15, -0.1) is 0 Å². The zero-order valence-corrected chi connectivity index (χ0v) is 52.6. The first-order valence-electron chi connectivity index (χ1n) is 33.9. The van der Waals surface area contributed by atoms with Crippen molar-refractivity contribution < 1.29 is 28.6 Å².